The van der Waals surface area contributed by atoms with E-state index in [0.29, 0.717) is 0 Å². The number of nitrogens with zero attached hydrogens (tertiary/aromatic N) is 1. The van der Waals surface area contributed by atoms with Gasteiger partial charge in [0.2, 0.25) is 0 Å². The first-order valence-electron chi connectivity index (χ1n) is 6.79. The van der Waals surface area contributed by atoms with Gasteiger partial charge in [0, 0.05) is 18.8 Å². The molecule has 98 valence electrons. The minimum Gasteiger partial charge on any atom is -0.351 e. The van der Waals surface area contributed by atoms with E-state index in [9.17, 15) is 0 Å². The van der Waals surface area contributed by atoms with Crippen LogP contribution in [0.5, 0.6) is 0 Å². The van der Waals surface area contributed by atoms with E-state index in [-0.39, 0.29) is 0 Å². The largest absolute Gasteiger partial charge is 0.351 e. The maximum atomic E-state index is 2.20. The fourth-order valence-electron chi connectivity index (χ4n) is 1.37. The number of aryl methyl sites for hydroxylation is 2. The normalized spacial score (nSPS) is 8.00. The fraction of sp³-hybridized carbons (Fsp3) is 0.500. The fourth-order valence-corrected chi connectivity index (χ4v) is 1.37. The van der Waals surface area contributed by atoms with Gasteiger partial charge in [-0.15, -0.1) is 0 Å². The lowest BCUT2D eigenvalue weighted by Gasteiger charge is -1.96. The van der Waals surface area contributed by atoms with Gasteiger partial charge >= 0.3 is 0 Å². The minimum atomic E-state index is 1.31. The van der Waals surface area contributed by atoms with Crippen molar-refractivity contribution in [2.24, 2.45) is 7.05 Å². The summed E-state index contributed by atoms with van der Waals surface area (Å²) in [7, 11) is 2.07. The first-order valence-corrected chi connectivity index (χ1v) is 6.79. The Bertz CT molecular complexity index is 385. The predicted molar refractivity (Wildman–Crippen MR) is 81.7 cm³/mol. The van der Waals surface area contributed by atoms with Gasteiger partial charge in [0.15, 0.2) is 0 Å². The summed E-state index contributed by atoms with van der Waals surface area (Å²) >= 11 is 0. The van der Waals surface area contributed by atoms with Crippen LogP contribution in [0.3, 0.4) is 0 Å². The third-order valence-electron chi connectivity index (χ3n) is 2.04. The summed E-state index contributed by atoms with van der Waals surface area (Å²) in [6, 6.07) is 8.64. The average molecular weight is 235 g/mol. The van der Waals surface area contributed by atoms with Crippen LogP contribution in [0, 0.1) is 6.92 Å². The van der Waals surface area contributed by atoms with Gasteiger partial charge in [-0.3, -0.25) is 0 Å². The van der Waals surface area contributed by atoms with Gasteiger partial charge in [0.1, 0.15) is 0 Å². The molecule has 0 saturated carbocycles. The Morgan fingerprint density at radius 2 is 1.35 bits per heavy atom. The molecule has 1 heteroatoms. The highest BCUT2D eigenvalue weighted by Gasteiger charge is 1.95. The number of aromatic nitrogens is 1. The quantitative estimate of drug-likeness (QED) is 0.563. The summed E-state index contributed by atoms with van der Waals surface area (Å²) in [5.74, 6) is 0. The van der Waals surface area contributed by atoms with Crippen LogP contribution in [-0.4, -0.2) is 4.57 Å². The molecule has 0 spiro atoms. The molecule has 2 aromatic rings. The van der Waals surface area contributed by atoms with E-state index in [1.165, 1.54) is 16.5 Å². The third kappa shape index (κ3) is 5.58. The van der Waals surface area contributed by atoms with Crippen LogP contribution in [0.15, 0.2) is 30.5 Å². The maximum Gasteiger partial charge on any atom is 0.0480 e. The van der Waals surface area contributed by atoms with Crippen LogP contribution >= 0.6 is 0 Å². The smallest absolute Gasteiger partial charge is 0.0480 e. The van der Waals surface area contributed by atoms with Crippen molar-refractivity contribution in [2.45, 2.75) is 48.5 Å². The van der Waals surface area contributed by atoms with Crippen molar-refractivity contribution < 1.29 is 0 Å². The highest BCUT2D eigenvalue weighted by Crippen LogP contribution is 2.15. The lowest BCUT2D eigenvalue weighted by molar-refractivity contribution is 0.968. The highest BCUT2D eigenvalue weighted by atomic mass is 14.9. The van der Waals surface area contributed by atoms with E-state index < -0.39 is 0 Å². The standard InChI is InChI=1S/C10H11N.3C2H6/c1-8-3-4-9-5-6-11(2)10(9)7-8;3*1-2/h3-7H,1-2H3;3*1-2H3. The summed E-state index contributed by atoms with van der Waals surface area (Å²) in [4.78, 5) is 0. The molecule has 0 fully saturated rings. The van der Waals surface area contributed by atoms with E-state index in [0.717, 1.165) is 0 Å². The molecule has 1 nitrogen and oxygen atoms in total. The summed E-state index contributed by atoms with van der Waals surface area (Å²) < 4.78 is 2.14. The van der Waals surface area contributed by atoms with Crippen molar-refractivity contribution in [1.29, 1.82) is 0 Å². The first kappa shape index (κ1) is 18.1. The molecule has 0 amide bonds. The van der Waals surface area contributed by atoms with Crippen LogP contribution in [0.25, 0.3) is 10.9 Å². The minimum absolute atomic E-state index is 1.31. The molecular formula is C16H29N. The molecule has 0 N–H and O–H groups in total. The molecule has 0 aliphatic carbocycles. The Morgan fingerprint density at radius 3 is 1.88 bits per heavy atom. The second-order valence-electron chi connectivity index (χ2n) is 2.99. The molecule has 17 heavy (non-hydrogen) atoms. The van der Waals surface area contributed by atoms with Gasteiger partial charge in [-0.2, -0.15) is 0 Å². The van der Waals surface area contributed by atoms with Crippen LogP contribution in [0.1, 0.15) is 47.1 Å². The zero-order valence-electron chi connectivity index (χ0n) is 12.8. The molecule has 0 radical (unpaired) electrons. The van der Waals surface area contributed by atoms with E-state index >= 15 is 0 Å². The van der Waals surface area contributed by atoms with E-state index in [2.05, 4.69) is 49.0 Å². The zero-order chi connectivity index (χ0) is 13.8. The molecule has 1 aromatic carbocycles. The van der Waals surface area contributed by atoms with Gasteiger partial charge in [-0.1, -0.05) is 53.7 Å². The predicted octanol–water partition coefficient (Wildman–Crippen LogP) is 5.57. The zero-order valence-corrected chi connectivity index (χ0v) is 12.8. The Labute approximate surface area is 107 Å². The lowest BCUT2D eigenvalue weighted by atomic mass is 10.2. The van der Waals surface area contributed by atoms with Crippen molar-refractivity contribution in [3.05, 3.63) is 36.0 Å². The molecule has 0 saturated heterocycles. The molecule has 1 aromatic heterocycles. The SMILES string of the molecule is CC.CC.CC.Cc1ccc2ccn(C)c2c1. The van der Waals surface area contributed by atoms with E-state index in [1.54, 1.807) is 0 Å². The number of hydrogen-bond donors (Lipinski definition) is 0. The van der Waals surface area contributed by atoms with Gasteiger partial charge in [-0.25, -0.2) is 0 Å². The van der Waals surface area contributed by atoms with Crippen molar-refractivity contribution >= 4 is 10.9 Å². The first-order chi connectivity index (χ1) is 8.27. The third-order valence-corrected chi connectivity index (χ3v) is 2.04. The molecule has 2 rings (SSSR count). The van der Waals surface area contributed by atoms with Gasteiger partial charge < -0.3 is 4.57 Å². The number of hydrogen-bond acceptors (Lipinski definition) is 0. The molecule has 0 aliphatic heterocycles. The topological polar surface area (TPSA) is 4.93 Å². The van der Waals surface area contributed by atoms with Crippen LogP contribution in [0.2, 0.25) is 0 Å². The number of fused-ring (bicyclic) bond motifs is 1. The number of benzene rings is 1. The van der Waals surface area contributed by atoms with Crippen LogP contribution in [-0.2, 0) is 7.05 Å². The maximum absolute atomic E-state index is 2.20. The average Bonchev–Trinajstić information content (AvgIpc) is 2.78. The molecule has 0 unspecified atom stereocenters. The van der Waals surface area contributed by atoms with Gasteiger partial charge in [0.05, 0.1) is 0 Å². The summed E-state index contributed by atoms with van der Waals surface area (Å²) in [5, 5.41) is 1.32. The van der Waals surface area contributed by atoms with Crippen molar-refractivity contribution in [1.82, 2.24) is 4.57 Å². The van der Waals surface area contributed by atoms with Crippen molar-refractivity contribution in [3.8, 4) is 0 Å². The highest BCUT2D eigenvalue weighted by molar-refractivity contribution is 5.80. The van der Waals surface area contributed by atoms with E-state index in [1.807, 2.05) is 41.5 Å². The second-order valence-corrected chi connectivity index (χ2v) is 2.99. The van der Waals surface area contributed by atoms with Crippen molar-refractivity contribution in [2.75, 3.05) is 0 Å². The molecule has 0 atom stereocenters. The Balaban J connectivity index is 0. The van der Waals surface area contributed by atoms with Crippen LogP contribution in [0.4, 0.5) is 0 Å². The monoisotopic (exact) mass is 235 g/mol. The summed E-state index contributed by atoms with van der Waals surface area (Å²) in [5.41, 5.74) is 2.63. The van der Waals surface area contributed by atoms with Gasteiger partial charge in [0.25, 0.3) is 0 Å². The second kappa shape index (κ2) is 11.3. The van der Waals surface area contributed by atoms with Crippen molar-refractivity contribution in [3.63, 3.8) is 0 Å². The lowest BCUT2D eigenvalue weighted by Crippen LogP contribution is -1.83. The summed E-state index contributed by atoms with van der Waals surface area (Å²) in [6.07, 6.45) is 2.09. The molecular weight excluding hydrogens is 206 g/mol. The summed E-state index contributed by atoms with van der Waals surface area (Å²) in [6.45, 7) is 14.1. The molecule has 0 aliphatic rings. The Hall–Kier alpha value is -1.24. The molecule has 0 bridgehead atoms. The van der Waals surface area contributed by atoms with Gasteiger partial charge in [-0.05, 0) is 30.0 Å². The molecule has 1 heterocycles. The van der Waals surface area contributed by atoms with E-state index in [4.69, 9.17) is 0 Å². The Kier molecular flexibility index (Phi) is 12.0. The van der Waals surface area contributed by atoms with Crippen LogP contribution < -0.4 is 0 Å². The number of rotatable bonds is 0. The Morgan fingerprint density at radius 1 is 0.824 bits per heavy atom.